The number of ether oxygens (including phenoxy) is 1. The van der Waals surface area contributed by atoms with Gasteiger partial charge >= 0.3 is 0 Å². The first kappa shape index (κ1) is 14.6. The molecule has 1 aliphatic rings. The average Bonchev–Trinajstić information content (AvgIpc) is 2.77. The summed E-state index contributed by atoms with van der Waals surface area (Å²) in [5.74, 6) is 0.815. The molecule has 1 aromatic carbocycles. The third kappa shape index (κ3) is 2.04. The van der Waals surface area contributed by atoms with Gasteiger partial charge in [-0.15, -0.1) is 0 Å². The first-order valence-corrected chi connectivity index (χ1v) is 7.43. The van der Waals surface area contributed by atoms with Crippen LogP contribution in [0.15, 0.2) is 24.4 Å². The smallest absolute Gasteiger partial charge is 0.224 e. The maximum absolute atomic E-state index is 10.4. The molecule has 0 radical (unpaired) electrons. The van der Waals surface area contributed by atoms with Crippen molar-refractivity contribution in [2.75, 3.05) is 11.5 Å². The molecule has 0 bridgehead atoms. The second kappa shape index (κ2) is 4.75. The van der Waals surface area contributed by atoms with Crippen molar-refractivity contribution in [2.24, 2.45) is 0 Å². The van der Waals surface area contributed by atoms with Crippen LogP contribution in [0.1, 0.15) is 25.5 Å². The van der Waals surface area contributed by atoms with E-state index in [0.717, 1.165) is 11.1 Å². The zero-order chi connectivity index (χ0) is 17.1. The molecule has 0 saturated heterocycles. The van der Waals surface area contributed by atoms with Crippen LogP contribution >= 0.6 is 0 Å². The summed E-state index contributed by atoms with van der Waals surface area (Å²) in [6.45, 7) is 3.67. The highest BCUT2D eigenvalue weighted by molar-refractivity contribution is 5.84. The van der Waals surface area contributed by atoms with Crippen LogP contribution in [-0.2, 0) is 0 Å². The van der Waals surface area contributed by atoms with E-state index in [4.69, 9.17) is 16.2 Å². The highest BCUT2D eigenvalue weighted by atomic mass is 16.5. The van der Waals surface area contributed by atoms with Crippen LogP contribution in [0.5, 0.6) is 5.75 Å². The molecular weight excluding hydrogens is 308 g/mol. The Morgan fingerprint density at radius 3 is 2.75 bits per heavy atom. The number of hydrogen-bond acceptors (Lipinski definition) is 8. The van der Waals surface area contributed by atoms with E-state index in [1.54, 1.807) is 6.20 Å². The van der Waals surface area contributed by atoms with Crippen LogP contribution in [0.2, 0.25) is 0 Å². The van der Waals surface area contributed by atoms with E-state index in [-0.39, 0.29) is 11.8 Å². The van der Waals surface area contributed by atoms with Gasteiger partial charge in [0.1, 0.15) is 17.5 Å². The third-order valence-corrected chi connectivity index (χ3v) is 4.09. The Hall–Kier alpha value is -3.00. The number of nitrogen functional groups attached to an aromatic ring is 2. The molecule has 8 nitrogen and oxygen atoms in total. The Kier molecular flexibility index (Phi) is 2.88. The van der Waals surface area contributed by atoms with E-state index >= 15 is 0 Å². The quantitative estimate of drug-likeness (QED) is 0.612. The van der Waals surface area contributed by atoms with Gasteiger partial charge in [0.25, 0.3) is 0 Å². The topological polar surface area (TPSA) is 133 Å². The molecule has 1 aliphatic heterocycles. The number of nitrogens with zero attached hydrogens (tertiary/aromatic N) is 4. The molecule has 122 valence electrons. The van der Waals surface area contributed by atoms with Gasteiger partial charge in [0.15, 0.2) is 17.0 Å². The van der Waals surface area contributed by atoms with Crippen molar-refractivity contribution >= 4 is 22.9 Å². The lowest BCUT2D eigenvalue weighted by atomic mass is 9.96. The number of hydrogen-bond donors (Lipinski definition) is 3. The number of nitrogens with two attached hydrogens (primary N) is 2. The van der Waals surface area contributed by atoms with E-state index in [2.05, 4.69) is 19.9 Å². The molecule has 2 aromatic heterocycles. The van der Waals surface area contributed by atoms with Crippen LogP contribution in [0.3, 0.4) is 0 Å². The van der Waals surface area contributed by atoms with Crippen molar-refractivity contribution in [3.63, 3.8) is 0 Å². The standard InChI is InChI=1S/C16H16N6O2/c1-16(2)12(23)8-5-3-4-7(11(8)24-16)9-6-19-14-10(20-9)13(17)21-15(18)22-14/h3-6,12,23H,1-2H3,(H4,17,18,19,21,22). The van der Waals surface area contributed by atoms with Gasteiger partial charge in [-0.25, -0.2) is 9.97 Å². The largest absolute Gasteiger partial charge is 0.484 e. The lowest BCUT2D eigenvalue weighted by molar-refractivity contribution is 0.000757. The van der Waals surface area contributed by atoms with Crippen molar-refractivity contribution in [1.82, 2.24) is 19.9 Å². The normalized spacial score (nSPS) is 18.4. The van der Waals surface area contributed by atoms with Crippen LogP contribution in [0.25, 0.3) is 22.4 Å². The zero-order valence-corrected chi connectivity index (χ0v) is 13.2. The van der Waals surface area contributed by atoms with Gasteiger partial charge in [0.05, 0.1) is 11.9 Å². The number of rotatable bonds is 1. The highest BCUT2D eigenvalue weighted by Crippen LogP contribution is 2.47. The van der Waals surface area contributed by atoms with Gasteiger partial charge in [0, 0.05) is 11.1 Å². The van der Waals surface area contributed by atoms with Crippen LogP contribution in [-0.4, -0.2) is 30.6 Å². The Morgan fingerprint density at radius 1 is 1.17 bits per heavy atom. The van der Waals surface area contributed by atoms with E-state index in [0.29, 0.717) is 22.6 Å². The van der Waals surface area contributed by atoms with Crippen molar-refractivity contribution in [3.05, 3.63) is 30.0 Å². The molecular formula is C16H16N6O2. The minimum absolute atomic E-state index is 0.0517. The zero-order valence-electron chi connectivity index (χ0n) is 13.2. The molecule has 8 heteroatoms. The van der Waals surface area contributed by atoms with Crippen LogP contribution < -0.4 is 16.2 Å². The van der Waals surface area contributed by atoms with E-state index in [1.807, 2.05) is 32.0 Å². The summed E-state index contributed by atoms with van der Waals surface area (Å²) in [6.07, 6.45) is 0.860. The average molecular weight is 324 g/mol. The van der Waals surface area contributed by atoms with Gasteiger partial charge in [-0.3, -0.25) is 0 Å². The van der Waals surface area contributed by atoms with Crippen molar-refractivity contribution < 1.29 is 9.84 Å². The molecule has 0 aliphatic carbocycles. The predicted molar refractivity (Wildman–Crippen MR) is 89.1 cm³/mol. The molecule has 3 heterocycles. The summed E-state index contributed by atoms with van der Waals surface area (Å²) < 4.78 is 5.95. The fraction of sp³-hybridized carbons (Fsp3) is 0.250. The molecule has 0 saturated carbocycles. The van der Waals surface area contributed by atoms with E-state index in [1.165, 1.54) is 0 Å². The molecule has 4 rings (SSSR count). The molecule has 0 amide bonds. The van der Waals surface area contributed by atoms with Crippen molar-refractivity contribution in [3.8, 4) is 17.0 Å². The Bertz CT molecular complexity index is 972. The molecule has 5 N–H and O–H groups in total. The first-order chi connectivity index (χ1) is 11.4. The number of anilines is 2. The lowest BCUT2D eigenvalue weighted by Gasteiger charge is -2.22. The summed E-state index contributed by atoms with van der Waals surface area (Å²) in [6, 6.07) is 5.54. The fourth-order valence-electron chi connectivity index (χ4n) is 2.86. The number of aliphatic hydroxyl groups excluding tert-OH is 1. The minimum Gasteiger partial charge on any atom is -0.484 e. The molecule has 0 spiro atoms. The molecule has 1 unspecified atom stereocenters. The summed E-state index contributed by atoms with van der Waals surface area (Å²) >= 11 is 0. The SMILES string of the molecule is CC1(C)Oc2c(-c3cnc4nc(N)nc(N)c4n3)cccc2C1O. The predicted octanol–water partition coefficient (Wildman–Crippen LogP) is 1.46. The number of aromatic nitrogens is 4. The number of benzene rings is 1. The first-order valence-electron chi connectivity index (χ1n) is 7.43. The Morgan fingerprint density at radius 2 is 1.96 bits per heavy atom. The molecule has 24 heavy (non-hydrogen) atoms. The number of para-hydroxylation sites is 1. The molecule has 3 aromatic rings. The minimum atomic E-state index is -0.714. The van der Waals surface area contributed by atoms with E-state index < -0.39 is 11.7 Å². The summed E-state index contributed by atoms with van der Waals surface area (Å²) in [5, 5.41) is 10.4. The monoisotopic (exact) mass is 324 g/mol. The maximum atomic E-state index is 10.4. The fourth-order valence-corrected chi connectivity index (χ4v) is 2.86. The van der Waals surface area contributed by atoms with Crippen LogP contribution in [0, 0.1) is 0 Å². The van der Waals surface area contributed by atoms with Gasteiger partial charge in [-0.1, -0.05) is 12.1 Å². The summed E-state index contributed by atoms with van der Waals surface area (Å²) in [4.78, 5) is 16.7. The molecule has 1 atom stereocenters. The van der Waals surface area contributed by atoms with Gasteiger partial charge in [-0.2, -0.15) is 9.97 Å². The number of aliphatic hydroxyl groups is 1. The van der Waals surface area contributed by atoms with Gasteiger partial charge in [-0.05, 0) is 19.9 Å². The lowest BCUT2D eigenvalue weighted by Crippen LogP contribution is -2.29. The highest BCUT2D eigenvalue weighted by Gasteiger charge is 2.41. The third-order valence-electron chi connectivity index (χ3n) is 4.09. The second-order valence-corrected chi connectivity index (χ2v) is 6.23. The summed E-state index contributed by atoms with van der Waals surface area (Å²) in [5.41, 5.74) is 13.5. The van der Waals surface area contributed by atoms with Crippen molar-refractivity contribution in [2.45, 2.75) is 25.6 Å². The molecule has 0 fully saturated rings. The van der Waals surface area contributed by atoms with Crippen molar-refractivity contribution in [1.29, 1.82) is 0 Å². The van der Waals surface area contributed by atoms with Gasteiger partial charge in [0.2, 0.25) is 5.95 Å². The van der Waals surface area contributed by atoms with E-state index in [9.17, 15) is 5.11 Å². The maximum Gasteiger partial charge on any atom is 0.224 e. The summed E-state index contributed by atoms with van der Waals surface area (Å²) in [7, 11) is 0. The van der Waals surface area contributed by atoms with Crippen LogP contribution in [0.4, 0.5) is 11.8 Å². The Labute approximate surface area is 137 Å². The Balaban J connectivity index is 1.91. The number of fused-ring (bicyclic) bond motifs is 2. The second-order valence-electron chi connectivity index (χ2n) is 6.23. The van der Waals surface area contributed by atoms with Gasteiger partial charge < -0.3 is 21.3 Å².